The molecule has 1 fully saturated rings. The molecule has 0 saturated carbocycles. The van der Waals surface area contributed by atoms with Crippen LogP contribution in [0.3, 0.4) is 0 Å². The standard InChI is InChI=1S/C18H13N3O9/c22-14-6-10(21(29)30)1-2-12(14)19-13-7-15(23)20(16(13)24)11-4-8(17(25)26)3-9(5-11)18(27)28/h1-6,13,19,22H,7H2,(H,25,26)(H,27,28). The Balaban J connectivity index is 1.91. The lowest BCUT2D eigenvalue weighted by Crippen LogP contribution is -2.35. The Kier molecular flexibility index (Phi) is 5.07. The fraction of sp³-hybridized carbons (Fsp3) is 0.111. The molecule has 1 saturated heterocycles. The van der Waals surface area contributed by atoms with Crippen molar-refractivity contribution in [3.8, 4) is 5.75 Å². The number of nitro groups is 1. The van der Waals surface area contributed by atoms with E-state index >= 15 is 0 Å². The van der Waals surface area contributed by atoms with Crippen LogP contribution in [0.1, 0.15) is 27.1 Å². The highest BCUT2D eigenvalue weighted by Gasteiger charge is 2.40. The maximum Gasteiger partial charge on any atom is 0.335 e. The summed E-state index contributed by atoms with van der Waals surface area (Å²) in [5.74, 6) is -4.92. The Morgan fingerprint density at radius 3 is 2.17 bits per heavy atom. The van der Waals surface area contributed by atoms with Crippen molar-refractivity contribution in [3.63, 3.8) is 0 Å². The fourth-order valence-electron chi connectivity index (χ4n) is 2.95. The Morgan fingerprint density at radius 2 is 1.67 bits per heavy atom. The summed E-state index contributed by atoms with van der Waals surface area (Å²) in [6.07, 6.45) is -0.366. The summed E-state index contributed by atoms with van der Waals surface area (Å²) in [7, 11) is 0. The molecule has 2 amide bonds. The third kappa shape index (κ3) is 3.73. The monoisotopic (exact) mass is 415 g/mol. The Morgan fingerprint density at radius 1 is 1.07 bits per heavy atom. The lowest BCUT2D eigenvalue weighted by molar-refractivity contribution is -0.384. The first-order chi connectivity index (χ1) is 14.1. The molecule has 4 N–H and O–H groups in total. The van der Waals surface area contributed by atoms with E-state index in [1.807, 2.05) is 0 Å². The van der Waals surface area contributed by atoms with Gasteiger partial charge >= 0.3 is 11.9 Å². The quantitative estimate of drug-likeness (QED) is 0.233. The van der Waals surface area contributed by atoms with Crippen LogP contribution in [0.2, 0.25) is 0 Å². The number of hydrogen-bond donors (Lipinski definition) is 4. The lowest BCUT2D eigenvalue weighted by Gasteiger charge is -2.17. The Bertz CT molecular complexity index is 1080. The lowest BCUT2D eigenvalue weighted by atomic mass is 10.1. The number of amides is 2. The van der Waals surface area contributed by atoms with E-state index in [9.17, 15) is 34.4 Å². The van der Waals surface area contributed by atoms with E-state index in [2.05, 4.69) is 5.32 Å². The number of non-ortho nitro benzene ring substituents is 1. The van der Waals surface area contributed by atoms with Gasteiger partial charge in [0.25, 0.3) is 11.6 Å². The number of benzene rings is 2. The molecule has 1 atom stereocenters. The molecular weight excluding hydrogens is 402 g/mol. The number of nitrogens with zero attached hydrogens (tertiary/aromatic N) is 2. The molecule has 1 aliphatic heterocycles. The van der Waals surface area contributed by atoms with Crippen LogP contribution in [-0.2, 0) is 9.59 Å². The van der Waals surface area contributed by atoms with Crippen LogP contribution in [0.4, 0.5) is 17.1 Å². The molecule has 1 unspecified atom stereocenters. The van der Waals surface area contributed by atoms with Crippen LogP contribution in [-0.4, -0.2) is 50.0 Å². The second kappa shape index (κ2) is 7.50. The predicted octanol–water partition coefficient (Wildman–Crippen LogP) is 1.44. The molecule has 12 heteroatoms. The number of phenols is 1. The van der Waals surface area contributed by atoms with Gasteiger partial charge in [0.2, 0.25) is 5.91 Å². The number of aromatic carboxylic acids is 2. The van der Waals surface area contributed by atoms with Gasteiger partial charge in [0.15, 0.2) is 0 Å². The third-order valence-corrected chi connectivity index (χ3v) is 4.34. The molecular formula is C18H13N3O9. The molecule has 154 valence electrons. The number of phenolic OH excluding ortho intramolecular Hbond substituents is 1. The summed E-state index contributed by atoms with van der Waals surface area (Å²) in [6.45, 7) is 0. The summed E-state index contributed by atoms with van der Waals surface area (Å²) in [6, 6.07) is 4.86. The highest BCUT2D eigenvalue weighted by Crippen LogP contribution is 2.32. The number of carboxylic acid groups (broad SMARTS) is 2. The van der Waals surface area contributed by atoms with E-state index in [1.54, 1.807) is 0 Å². The molecule has 3 rings (SSSR count). The topological polar surface area (TPSA) is 187 Å². The van der Waals surface area contributed by atoms with Crippen molar-refractivity contribution in [2.24, 2.45) is 0 Å². The van der Waals surface area contributed by atoms with Crippen molar-refractivity contribution < 1.29 is 39.4 Å². The molecule has 30 heavy (non-hydrogen) atoms. The van der Waals surface area contributed by atoms with Crippen molar-refractivity contribution in [1.82, 2.24) is 0 Å². The minimum absolute atomic E-state index is 0.0286. The summed E-state index contributed by atoms with van der Waals surface area (Å²) < 4.78 is 0. The van der Waals surface area contributed by atoms with Gasteiger partial charge in [-0.05, 0) is 24.3 Å². The van der Waals surface area contributed by atoms with E-state index in [-0.39, 0.29) is 23.5 Å². The first-order valence-corrected chi connectivity index (χ1v) is 8.31. The van der Waals surface area contributed by atoms with Crippen LogP contribution in [0.5, 0.6) is 5.75 Å². The first-order valence-electron chi connectivity index (χ1n) is 8.31. The average molecular weight is 415 g/mol. The SMILES string of the molecule is O=C(O)c1cc(C(=O)O)cc(N2C(=O)CC(Nc3ccc([N+](=O)[O-])cc3O)C2=O)c1. The van der Waals surface area contributed by atoms with Crippen molar-refractivity contribution in [1.29, 1.82) is 0 Å². The normalized spacial score (nSPS) is 15.9. The molecule has 0 aliphatic carbocycles. The maximum atomic E-state index is 12.7. The average Bonchev–Trinajstić information content (AvgIpc) is 2.95. The predicted molar refractivity (Wildman–Crippen MR) is 99.6 cm³/mol. The number of hydrogen-bond acceptors (Lipinski definition) is 8. The van der Waals surface area contributed by atoms with E-state index in [0.717, 1.165) is 30.3 Å². The highest BCUT2D eigenvalue weighted by molar-refractivity contribution is 6.23. The minimum atomic E-state index is -1.44. The molecule has 0 spiro atoms. The van der Waals surface area contributed by atoms with Gasteiger partial charge in [0.05, 0.1) is 39.9 Å². The third-order valence-electron chi connectivity index (χ3n) is 4.34. The van der Waals surface area contributed by atoms with Crippen LogP contribution in [0, 0.1) is 10.1 Å². The van der Waals surface area contributed by atoms with Crippen LogP contribution >= 0.6 is 0 Å². The molecule has 2 aromatic carbocycles. The van der Waals surface area contributed by atoms with Gasteiger partial charge in [0, 0.05) is 6.07 Å². The van der Waals surface area contributed by atoms with E-state index in [4.69, 9.17) is 10.2 Å². The Hall–Kier alpha value is -4.48. The second-order valence-corrected chi connectivity index (χ2v) is 6.31. The summed E-state index contributed by atoms with van der Waals surface area (Å²) in [5.41, 5.74) is -1.47. The molecule has 0 aromatic heterocycles. The van der Waals surface area contributed by atoms with Gasteiger partial charge in [0.1, 0.15) is 11.8 Å². The molecule has 1 aliphatic rings. The number of carbonyl (C=O) groups excluding carboxylic acids is 2. The summed E-state index contributed by atoms with van der Waals surface area (Å²) in [5, 5.41) is 41.6. The van der Waals surface area contributed by atoms with Crippen LogP contribution < -0.4 is 10.2 Å². The zero-order valence-corrected chi connectivity index (χ0v) is 14.9. The van der Waals surface area contributed by atoms with Gasteiger partial charge < -0.3 is 20.6 Å². The Labute approximate surface area is 167 Å². The number of carbonyl (C=O) groups is 4. The zero-order valence-electron chi connectivity index (χ0n) is 14.9. The van der Waals surface area contributed by atoms with Crippen molar-refractivity contribution >= 4 is 40.8 Å². The highest BCUT2D eigenvalue weighted by atomic mass is 16.6. The maximum absolute atomic E-state index is 12.7. The summed E-state index contributed by atoms with van der Waals surface area (Å²) >= 11 is 0. The number of nitrogens with one attached hydrogen (secondary N) is 1. The van der Waals surface area contributed by atoms with Crippen LogP contribution in [0.15, 0.2) is 36.4 Å². The number of aromatic hydroxyl groups is 1. The van der Waals surface area contributed by atoms with Gasteiger partial charge in [-0.15, -0.1) is 0 Å². The second-order valence-electron chi connectivity index (χ2n) is 6.31. The van der Waals surface area contributed by atoms with Crippen LogP contribution in [0.25, 0.3) is 0 Å². The molecule has 2 aromatic rings. The van der Waals surface area contributed by atoms with E-state index < -0.39 is 51.6 Å². The number of anilines is 2. The zero-order chi connectivity index (χ0) is 22.2. The summed E-state index contributed by atoms with van der Waals surface area (Å²) in [4.78, 5) is 58.3. The number of nitro benzene ring substituents is 1. The smallest absolute Gasteiger partial charge is 0.335 e. The van der Waals surface area contributed by atoms with Crippen molar-refractivity contribution in [2.45, 2.75) is 12.5 Å². The van der Waals surface area contributed by atoms with Gasteiger partial charge in [-0.3, -0.25) is 19.7 Å². The fourth-order valence-corrected chi connectivity index (χ4v) is 2.95. The molecule has 0 bridgehead atoms. The minimum Gasteiger partial charge on any atom is -0.506 e. The number of carboxylic acids is 2. The molecule has 0 radical (unpaired) electrons. The largest absolute Gasteiger partial charge is 0.506 e. The molecule has 12 nitrogen and oxygen atoms in total. The van der Waals surface area contributed by atoms with Crippen molar-refractivity contribution in [2.75, 3.05) is 10.2 Å². The van der Waals surface area contributed by atoms with Gasteiger partial charge in [-0.2, -0.15) is 0 Å². The van der Waals surface area contributed by atoms with Gasteiger partial charge in [-0.25, -0.2) is 14.5 Å². The van der Waals surface area contributed by atoms with E-state index in [1.165, 1.54) is 6.07 Å². The first kappa shape index (κ1) is 20.3. The van der Waals surface area contributed by atoms with Gasteiger partial charge in [-0.1, -0.05) is 0 Å². The van der Waals surface area contributed by atoms with Crippen molar-refractivity contribution in [3.05, 3.63) is 57.6 Å². The number of imide groups is 1. The number of rotatable bonds is 6. The van der Waals surface area contributed by atoms with E-state index in [0.29, 0.717) is 4.90 Å². The molecule has 1 heterocycles.